The van der Waals surface area contributed by atoms with E-state index < -0.39 is 5.97 Å². The molecular weight excluding hydrogens is 240 g/mol. The summed E-state index contributed by atoms with van der Waals surface area (Å²) in [6.45, 7) is 10.1. The zero-order valence-electron chi connectivity index (χ0n) is 11.3. The molecule has 0 aliphatic heterocycles. The van der Waals surface area contributed by atoms with Gasteiger partial charge in [-0.3, -0.25) is 0 Å². The molecule has 0 bridgehead atoms. The van der Waals surface area contributed by atoms with Gasteiger partial charge >= 0.3 is 5.97 Å². The van der Waals surface area contributed by atoms with Crippen LogP contribution in [-0.2, 0) is 12.8 Å². The molecule has 1 rings (SSSR count). The molecule has 1 N–H and O–H groups in total. The minimum absolute atomic E-state index is 0.276. The maximum Gasteiger partial charge on any atom is 0.335 e. The third-order valence-electron chi connectivity index (χ3n) is 2.67. The van der Waals surface area contributed by atoms with Gasteiger partial charge in [0, 0.05) is 0 Å². The molecule has 0 saturated heterocycles. The third-order valence-corrected chi connectivity index (χ3v) is 2.67. The summed E-state index contributed by atoms with van der Waals surface area (Å²) in [7, 11) is 0. The molecule has 102 valence electrons. The lowest BCUT2D eigenvalue weighted by Gasteiger charge is -2.15. The number of ether oxygens (including phenoxy) is 1. The topological polar surface area (TPSA) is 46.5 Å². The van der Waals surface area contributed by atoms with Gasteiger partial charge in [-0.2, -0.15) is 0 Å². The smallest absolute Gasteiger partial charge is 0.335 e. The fraction of sp³-hybridized carbons (Fsp3) is 0.312. The van der Waals surface area contributed by atoms with Crippen molar-refractivity contribution in [3.8, 4) is 5.75 Å². The summed E-state index contributed by atoms with van der Waals surface area (Å²) in [6, 6.07) is 3.31. The minimum atomic E-state index is -0.933. The number of carboxylic acids is 1. The van der Waals surface area contributed by atoms with Crippen LogP contribution in [0.5, 0.6) is 5.75 Å². The van der Waals surface area contributed by atoms with E-state index in [1.807, 2.05) is 6.92 Å². The van der Waals surface area contributed by atoms with Crippen molar-refractivity contribution in [1.82, 2.24) is 0 Å². The molecule has 0 unspecified atom stereocenters. The zero-order chi connectivity index (χ0) is 14.3. The molecule has 0 fully saturated rings. The number of aromatic carboxylic acids is 1. The van der Waals surface area contributed by atoms with Crippen molar-refractivity contribution >= 4 is 5.97 Å². The van der Waals surface area contributed by atoms with E-state index in [1.165, 1.54) is 0 Å². The van der Waals surface area contributed by atoms with E-state index >= 15 is 0 Å². The number of carboxylic acid groups (broad SMARTS) is 1. The van der Waals surface area contributed by atoms with Crippen molar-refractivity contribution in [2.75, 3.05) is 6.61 Å². The van der Waals surface area contributed by atoms with Crippen molar-refractivity contribution < 1.29 is 14.6 Å². The Morgan fingerprint density at radius 2 is 1.79 bits per heavy atom. The number of benzene rings is 1. The molecule has 0 heterocycles. The van der Waals surface area contributed by atoms with Gasteiger partial charge in [-0.1, -0.05) is 19.1 Å². The van der Waals surface area contributed by atoms with Gasteiger partial charge < -0.3 is 9.84 Å². The Hall–Kier alpha value is -2.03. The lowest BCUT2D eigenvalue weighted by atomic mass is 9.99. The van der Waals surface area contributed by atoms with Gasteiger partial charge in [0.05, 0.1) is 12.2 Å². The fourth-order valence-corrected chi connectivity index (χ4v) is 1.88. The molecule has 0 aromatic heterocycles. The SMILES string of the molecule is C=CCc1cc(C(=O)O)cc(CC=C)c1OCCC. The highest BCUT2D eigenvalue weighted by Crippen LogP contribution is 2.28. The van der Waals surface area contributed by atoms with Crippen LogP contribution in [0, 0.1) is 0 Å². The van der Waals surface area contributed by atoms with Crippen molar-refractivity contribution in [2.24, 2.45) is 0 Å². The van der Waals surface area contributed by atoms with Crippen LogP contribution in [0.1, 0.15) is 34.8 Å². The first kappa shape index (κ1) is 15.0. The lowest BCUT2D eigenvalue weighted by molar-refractivity contribution is 0.0696. The first-order valence-electron chi connectivity index (χ1n) is 6.37. The second kappa shape index (κ2) is 7.41. The summed E-state index contributed by atoms with van der Waals surface area (Å²) in [5.74, 6) is -0.163. The zero-order valence-corrected chi connectivity index (χ0v) is 11.3. The molecule has 0 radical (unpaired) electrons. The number of rotatable bonds is 8. The maximum atomic E-state index is 11.1. The normalized spacial score (nSPS) is 9.95. The Bertz CT molecular complexity index is 444. The van der Waals surface area contributed by atoms with E-state index in [0.29, 0.717) is 19.4 Å². The Labute approximate surface area is 114 Å². The van der Waals surface area contributed by atoms with Crippen LogP contribution in [0.4, 0.5) is 0 Å². The second-order valence-electron chi connectivity index (χ2n) is 4.26. The van der Waals surface area contributed by atoms with Crippen LogP contribution < -0.4 is 4.74 Å². The van der Waals surface area contributed by atoms with Crippen LogP contribution in [0.2, 0.25) is 0 Å². The lowest BCUT2D eigenvalue weighted by Crippen LogP contribution is -2.06. The van der Waals surface area contributed by atoms with E-state index in [0.717, 1.165) is 23.3 Å². The molecule has 0 aliphatic carbocycles. The average molecular weight is 260 g/mol. The average Bonchev–Trinajstić information content (AvgIpc) is 2.38. The van der Waals surface area contributed by atoms with Gasteiger partial charge in [-0.25, -0.2) is 4.79 Å². The predicted molar refractivity (Wildman–Crippen MR) is 77.0 cm³/mol. The highest BCUT2D eigenvalue weighted by molar-refractivity contribution is 5.88. The number of allylic oxidation sites excluding steroid dienone is 2. The van der Waals surface area contributed by atoms with E-state index in [2.05, 4.69) is 13.2 Å². The summed E-state index contributed by atoms with van der Waals surface area (Å²) in [6.07, 6.45) is 5.57. The maximum absolute atomic E-state index is 11.1. The molecule has 3 heteroatoms. The van der Waals surface area contributed by atoms with Crippen molar-refractivity contribution in [3.63, 3.8) is 0 Å². The summed E-state index contributed by atoms with van der Waals surface area (Å²) in [5, 5.41) is 9.14. The first-order valence-corrected chi connectivity index (χ1v) is 6.37. The highest BCUT2D eigenvalue weighted by atomic mass is 16.5. The summed E-state index contributed by atoms with van der Waals surface area (Å²) < 4.78 is 5.77. The van der Waals surface area contributed by atoms with Crippen LogP contribution in [0.3, 0.4) is 0 Å². The van der Waals surface area contributed by atoms with Gasteiger partial charge in [-0.05, 0) is 42.5 Å². The molecule has 1 aromatic carbocycles. The van der Waals surface area contributed by atoms with E-state index in [-0.39, 0.29) is 5.56 Å². The van der Waals surface area contributed by atoms with E-state index in [1.54, 1.807) is 24.3 Å². The monoisotopic (exact) mass is 260 g/mol. The van der Waals surface area contributed by atoms with Crippen molar-refractivity contribution in [2.45, 2.75) is 26.2 Å². The molecule has 19 heavy (non-hydrogen) atoms. The third kappa shape index (κ3) is 3.98. The van der Waals surface area contributed by atoms with Crippen molar-refractivity contribution in [1.29, 1.82) is 0 Å². The molecular formula is C16H20O3. The van der Waals surface area contributed by atoms with Gasteiger partial charge in [0.15, 0.2) is 0 Å². The largest absolute Gasteiger partial charge is 0.493 e. The predicted octanol–water partition coefficient (Wildman–Crippen LogP) is 3.63. The number of hydrogen-bond acceptors (Lipinski definition) is 2. The molecule has 0 aliphatic rings. The first-order chi connectivity index (χ1) is 9.13. The Morgan fingerprint density at radius 3 is 2.16 bits per heavy atom. The number of carbonyl (C=O) groups is 1. The molecule has 1 aromatic rings. The molecule has 0 amide bonds. The Morgan fingerprint density at radius 1 is 1.26 bits per heavy atom. The number of hydrogen-bond donors (Lipinski definition) is 1. The van der Waals surface area contributed by atoms with Crippen LogP contribution in [0.25, 0.3) is 0 Å². The van der Waals surface area contributed by atoms with Crippen LogP contribution in [-0.4, -0.2) is 17.7 Å². The standard InChI is InChI=1S/C16H20O3/c1-4-7-12-10-14(16(17)18)11-13(8-5-2)15(12)19-9-6-3/h4-5,10-11H,1-2,6-9H2,3H3,(H,17,18). The molecule has 3 nitrogen and oxygen atoms in total. The minimum Gasteiger partial charge on any atom is -0.493 e. The van der Waals surface area contributed by atoms with Crippen LogP contribution >= 0.6 is 0 Å². The fourth-order valence-electron chi connectivity index (χ4n) is 1.88. The summed E-state index contributed by atoms with van der Waals surface area (Å²) in [5.41, 5.74) is 2.00. The Balaban J connectivity index is 3.31. The van der Waals surface area contributed by atoms with E-state index in [4.69, 9.17) is 9.84 Å². The molecule has 0 spiro atoms. The second-order valence-corrected chi connectivity index (χ2v) is 4.26. The highest BCUT2D eigenvalue weighted by Gasteiger charge is 2.14. The van der Waals surface area contributed by atoms with Gasteiger partial charge in [0.25, 0.3) is 0 Å². The van der Waals surface area contributed by atoms with Gasteiger partial charge in [0.2, 0.25) is 0 Å². The van der Waals surface area contributed by atoms with Crippen LogP contribution in [0.15, 0.2) is 37.4 Å². The molecule has 0 atom stereocenters. The van der Waals surface area contributed by atoms with Gasteiger partial charge in [-0.15, -0.1) is 13.2 Å². The summed E-state index contributed by atoms with van der Waals surface area (Å²) in [4.78, 5) is 11.1. The van der Waals surface area contributed by atoms with Gasteiger partial charge in [0.1, 0.15) is 5.75 Å². The van der Waals surface area contributed by atoms with E-state index in [9.17, 15) is 4.79 Å². The van der Waals surface area contributed by atoms with Crippen molar-refractivity contribution in [3.05, 3.63) is 54.1 Å². The summed E-state index contributed by atoms with van der Waals surface area (Å²) >= 11 is 0. The molecule has 0 saturated carbocycles. The Kier molecular flexibility index (Phi) is 5.86. The quantitative estimate of drug-likeness (QED) is 0.726.